The Balaban J connectivity index is 2.01. The number of nitrogens with zero attached hydrogens (tertiary/aromatic N) is 4. The molecule has 0 spiro atoms. The first-order valence-corrected chi connectivity index (χ1v) is 7.37. The summed E-state index contributed by atoms with van der Waals surface area (Å²) in [6.45, 7) is 1.74. The van der Waals surface area contributed by atoms with Gasteiger partial charge < -0.3 is 20.6 Å². The molecule has 2 aromatic heterocycles. The summed E-state index contributed by atoms with van der Waals surface area (Å²) >= 11 is 5.88. The van der Waals surface area contributed by atoms with Crippen LogP contribution in [0.1, 0.15) is 19.6 Å². The molecule has 1 aliphatic rings. The third kappa shape index (κ3) is 2.14. The van der Waals surface area contributed by atoms with Crippen LogP contribution >= 0.6 is 11.6 Å². The smallest absolute Gasteiger partial charge is 0.226 e. The molecule has 0 amide bonds. The van der Waals surface area contributed by atoms with Crippen LogP contribution in [-0.4, -0.2) is 54.6 Å². The third-order valence-electron chi connectivity index (χ3n) is 4.59. The number of halogens is 1. The highest BCUT2D eigenvalue weighted by molar-refractivity contribution is 6.28. The van der Waals surface area contributed by atoms with Crippen LogP contribution in [0.4, 0.5) is 5.82 Å². The summed E-state index contributed by atoms with van der Waals surface area (Å²) < 4.78 is 1.34. The van der Waals surface area contributed by atoms with Gasteiger partial charge in [0.25, 0.3) is 0 Å². The number of fused-ring (bicyclic) bond motifs is 1. The summed E-state index contributed by atoms with van der Waals surface area (Å²) in [7, 11) is 1.68. The molecule has 120 valence electrons. The minimum absolute atomic E-state index is 0.0111. The molecule has 4 atom stereocenters. The Labute approximate surface area is 131 Å². The molecule has 2 heterocycles. The maximum atomic E-state index is 10.5. The van der Waals surface area contributed by atoms with E-state index in [1.54, 1.807) is 7.05 Å². The van der Waals surface area contributed by atoms with E-state index in [2.05, 4.69) is 20.3 Å². The monoisotopic (exact) mass is 327 g/mol. The maximum absolute atomic E-state index is 10.5. The van der Waals surface area contributed by atoms with Crippen LogP contribution in [0.15, 0.2) is 6.33 Å². The summed E-state index contributed by atoms with van der Waals surface area (Å²) in [5.41, 5.74) is 0.0795. The van der Waals surface area contributed by atoms with Crippen molar-refractivity contribution in [3.8, 4) is 0 Å². The number of aliphatic hydroxyl groups is 3. The lowest BCUT2D eigenvalue weighted by molar-refractivity contribution is -0.0822. The lowest BCUT2D eigenvalue weighted by atomic mass is 9.96. The van der Waals surface area contributed by atoms with Gasteiger partial charge in [0, 0.05) is 12.5 Å². The largest absolute Gasteiger partial charge is 0.396 e. The molecule has 1 fully saturated rings. The Morgan fingerprint density at radius 1 is 1.50 bits per heavy atom. The number of anilines is 1. The Bertz CT molecular complexity index is 704. The van der Waals surface area contributed by atoms with E-state index in [1.807, 2.05) is 6.92 Å². The highest BCUT2D eigenvalue weighted by atomic mass is 35.5. The van der Waals surface area contributed by atoms with Gasteiger partial charge in [-0.1, -0.05) is 6.92 Å². The van der Waals surface area contributed by atoms with Crippen molar-refractivity contribution < 1.29 is 15.3 Å². The van der Waals surface area contributed by atoms with E-state index in [0.717, 1.165) is 0 Å². The van der Waals surface area contributed by atoms with Crippen molar-refractivity contribution in [2.45, 2.75) is 25.7 Å². The van der Waals surface area contributed by atoms with Gasteiger partial charge in [-0.05, 0) is 23.9 Å². The summed E-state index contributed by atoms with van der Waals surface area (Å²) in [4.78, 5) is 12.3. The van der Waals surface area contributed by atoms with E-state index in [4.69, 9.17) is 11.6 Å². The van der Waals surface area contributed by atoms with Crippen LogP contribution in [-0.2, 0) is 0 Å². The summed E-state index contributed by atoms with van der Waals surface area (Å²) in [5, 5.41) is 33.3. The van der Waals surface area contributed by atoms with E-state index in [0.29, 0.717) is 23.4 Å². The minimum Gasteiger partial charge on any atom is -0.396 e. The zero-order valence-corrected chi connectivity index (χ0v) is 13.0. The molecule has 0 saturated heterocycles. The normalized spacial score (nSPS) is 26.9. The van der Waals surface area contributed by atoms with Crippen LogP contribution in [0.5, 0.6) is 0 Å². The van der Waals surface area contributed by atoms with Crippen LogP contribution < -0.4 is 5.32 Å². The van der Waals surface area contributed by atoms with Gasteiger partial charge in [-0.3, -0.25) is 4.57 Å². The first-order chi connectivity index (χ1) is 10.4. The van der Waals surface area contributed by atoms with Gasteiger partial charge in [-0.15, -0.1) is 0 Å². The fraction of sp³-hybridized carbons (Fsp3) is 0.615. The molecule has 9 heteroatoms. The van der Waals surface area contributed by atoms with E-state index in [-0.39, 0.29) is 17.8 Å². The van der Waals surface area contributed by atoms with Gasteiger partial charge in [-0.25, -0.2) is 4.98 Å². The van der Waals surface area contributed by atoms with Gasteiger partial charge in [-0.2, -0.15) is 9.97 Å². The minimum atomic E-state index is -1.28. The topological polar surface area (TPSA) is 116 Å². The molecule has 0 bridgehead atoms. The van der Waals surface area contributed by atoms with E-state index in [1.165, 1.54) is 10.9 Å². The number of aliphatic hydroxyl groups excluding tert-OH is 3. The first kappa shape index (κ1) is 15.4. The van der Waals surface area contributed by atoms with Crippen molar-refractivity contribution >= 4 is 28.6 Å². The molecule has 0 aliphatic heterocycles. The molecular weight excluding hydrogens is 310 g/mol. The molecule has 0 radical (unpaired) electrons. The lowest BCUT2D eigenvalue weighted by Gasteiger charge is -2.26. The number of nitrogens with one attached hydrogen (secondary N) is 1. The van der Waals surface area contributed by atoms with Gasteiger partial charge in [0.1, 0.15) is 6.10 Å². The number of hydrogen-bond donors (Lipinski definition) is 4. The van der Waals surface area contributed by atoms with E-state index >= 15 is 0 Å². The fourth-order valence-corrected chi connectivity index (χ4v) is 3.11. The lowest BCUT2D eigenvalue weighted by Crippen LogP contribution is -2.36. The highest BCUT2D eigenvalue weighted by Gasteiger charge is 2.58. The highest BCUT2D eigenvalue weighted by Crippen LogP contribution is 2.56. The van der Waals surface area contributed by atoms with Crippen molar-refractivity contribution in [2.24, 2.45) is 11.3 Å². The Hall–Kier alpha value is -1.48. The summed E-state index contributed by atoms with van der Waals surface area (Å²) in [5.74, 6) is 0.579. The number of aromatic nitrogens is 4. The van der Waals surface area contributed by atoms with Gasteiger partial charge in [0.2, 0.25) is 5.28 Å². The average molecular weight is 328 g/mol. The van der Waals surface area contributed by atoms with E-state index in [9.17, 15) is 15.3 Å². The molecular formula is C13H18ClN5O3. The van der Waals surface area contributed by atoms with Crippen molar-refractivity contribution in [3.05, 3.63) is 11.6 Å². The molecule has 4 N–H and O–H groups in total. The van der Waals surface area contributed by atoms with Gasteiger partial charge >= 0.3 is 0 Å². The maximum Gasteiger partial charge on any atom is 0.226 e. The average Bonchev–Trinajstić information content (AvgIpc) is 3.00. The van der Waals surface area contributed by atoms with Gasteiger partial charge in [0.15, 0.2) is 23.2 Å². The molecule has 8 nitrogen and oxygen atoms in total. The predicted molar refractivity (Wildman–Crippen MR) is 80.4 cm³/mol. The molecule has 1 saturated carbocycles. The third-order valence-corrected chi connectivity index (χ3v) is 4.76. The Morgan fingerprint density at radius 3 is 2.73 bits per heavy atom. The zero-order chi connectivity index (χ0) is 16.1. The van der Waals surface area contributed by atoms with E-state index < -0.39 is 17.7 Å². The van der Waals surface area contributed by atoms with Crippen LogP contribution in [0.3, 0.4) is 0 Å². The van der Waals surface area contributed by atoms with Crippen LogP contribution in [0, 0.1) is 11.3 Å². The van der Waals surface area contributed by atoms with Crippen LogP contribution in [0.2, 0.25) is 5.28 Å². The predicted octanol–water partition coefficient (Wildman–Crippen LogP) is 0.392. The second-order valence-electron chi connectivity index (χ2n) is 5.77. The summed E-state index contributed by atoms with van der Waals surface area (Å²) in [6, 6.07) is 0. The molecule has 3 rings (SSSR count). The first-order valence-electron chi connectivity index (χ1n) is 6.99. The number of hydrogen-bond acceptors (Lipinski definition) is 7. The molecule has 22 heavy (non-hydrogen) atoms. The Morgan fingerprint density at radius 2 is 2.18 bits per heavy atom. The molecule has 4 unspecified atom stereocenters. The van der Waals surface area contributed by atoms with Crippen molar-refractivity contribution in [1.29, 1.82) is 0 Å². The Kier molecular flexibility index (Phi) is 3.72. The quantitative estimate of drug-likeness (QED) is 0.587. The van der Waals surface area contributed by atoms with Crippen molar-refractivity contribution in [1.82, 2.24) is 19.5 Å². The molecule has 2 aromatic rings. The zero-order valence-electron chi connectivity index (χ0n) is 12.2. The SMILES string of the molecule is CNc1nc(Cl)nc2c1ncn2C(O)C(O)C1(CO)CC1C. The second kappa shape index (κ2) is 5.31. The van der Waals surface area contributed by atoms with Crippen molar-refractivity contribution in [2.75, 3.05) is 19.0 Å². The number of rotatable bonds is 5. The van der Waals surface area contributed by atoms with Gasteiger partial charge in [0.05, 0.1) is 12.9 Å². The van der Waals surface area contributed by atoms with Crippen LogP contribution in [0.25, 0.3) is 11.2 Å². The fourth-order valence-electron chi connectivity index (χ4n) is 2.94. The molecule has 0 aromatic carbocycles. The number of imidazole rings is 1. The van der Waals surface area contributed by atoms with Crippen molar-refractivity contribution in [3.63, 3.8) is 0 Å². The standard InChI is InChI=1S/C13H18ClN5O3/c1-6-3-13(6,4-20)8(21)11(22)19-5-16-7-9(15-2)17-12(14)18-10(7)19/h5-6,8,11,20-22H,3-4H2,1-2H3,(H,15,17,18). The molecule has 1 aliphatic carbocycles. The summed E-state index contributed by atoms with van der Waals surface area (Å²) in [6.07, 6.45) is -0.372. The second-order valence-corrected chi connectivity index (χ2v) is 6.11.